The average Bonchev–Trinajstić information content (AvgIpc) is 2.63. The highest BCUT2D eigenvalue weighted by atomic mass is 16.5. The molecule has 0 aromatic heterocycles. The SMILES string of the molecule is CCOc1ccccc1C(=O)O[C@@H](C)C(=O)Nc1ccc(CC)cc1. The van der Waals surface area contributed by atoms with Crippen LogP contribution in [0.4, 0.5) is 5.69 Å². The summed E-state index contributed by atoms with van der Waals surface area (Å²) in [4.78, 5) is 24.5. The number of carbonyl (C=O) groups is 2. The Labute approximate surface area is 148 Å². The molecule has 5 heteroatoms. The van der Waals surface area contributed by atoms with Gasteiger partial charge in [0.25, 0.3) is 5.91 Å². The Balaban J connectivity index is 1.99. The zero-order chi connectivity index (χ0) is 18.2. The van der Waals surface area contributed by atoms with Crippen LogP contribution in [-0.4, -0.2) is 24.6 Å². The fourth-order valence-electron chi connectivity index (χ4n) is 2.26. The predicted molar refractivity (Wildman–Crippen MR) is 96.9 cm³/mol. The summed E-state index contributed by atoms with van der Waals surface area (Å²) in [7, 11) is 0. The number of hydrogen-bond donors (Lipinski definition) is 1. The first-order chi connectivity index (χ1) is 12.0. The van der Waals surface area contributed by atoms with Crippen LogP contribution < -0.4 is 10.1 Å². The van der Waals surface area contributed by atoms with Gasteiger partial charge in [0.15, 0.2) is 6.10 Å². The topological polar surface area (TPSA) is 64.6 Å². The maximum atomic E-state index is 12.3. The van der Waals surface area contributed by atoms with Crippen molar-refractivity contribution in [2.75, 3.05) is 11.9 Å². The Bertz CT molecular complexity index is 725. The number of aryl methyl sites for hydroxylation is 1. The first-order valence-electron chi connectivity index (χ1n) is 8.37. The highest BCUT2D eigenvalue weighted by Gasteiger charge is 2.21. The van der Waals surface area contributed by atoms with E-state index in [1.54, 1.807) is 24.3 Å². The summed E-state index contributed by atoms with van der Waals surface area (Å²) in [6.45, 7) is 5.88. The zero-order valence-electron chi connectivity index (χ0n) is 14.7. The van der Waals surface area contributed by atoms with Crippen molar-refractivity contribution >= 4 is 17.6 Å². The van der Waals surface area contributed by atoms with Gasteiger partial charge >= 0.3 is 5.97 Å². The molecular weight excluding hydrogens is 318 g/mol. The third-order valence-corrected chi connectivity index (χ3v) is 3.69. The molecule has 0 heterocycles. The molecule has 0 saturated heterocycles. The van der Waals surface area contributed by atoms with Crippen LogP contribution in [0.5, 0.6) is 5.75 Å². The van der Waals surface area contributed by atoms with Gasteiger partial charge in [-0.1, -0.05) is 31.2 Å². The lowest BCUT2D eigenvalue weighted by atomic mass is 10.1. The van der Waals surface area contributed by atoms with Gasteiger partial charge in [0, 0.05) is 5.69 Å². The predicted octanol–water partition coefficient (Wildman–Crippen LogP) is 3.83. The van der Waals surface area contributed by atoms with Crippen molar-refractivity contribution in [3.63, 3.8) is 0 Å². The highest BCUT2D eigenvalue weighted by molar-refractivity contribution is 5.98. The molecular formula is C20H23NO4. The van der Waals surface area contributed by atoms with Crippen molar-refractivity contribution in [1.29, 1.82) is 0 Å². The lowest BCUT2D eigenvalue weighted by Gasteiger charge is -2.15. The Morgan fingerprint density at radius 2 is 1.72 bits per heavy atom. The van der Waals surface area contributed by atoms with Crippen LogP contribution in [0.15, 0.2) is 48.5 Å². The van der Waals surface area contributed by atoms with Crippen LogP contribution in [0.3, 0.4) is 0 Å². The molecule has 25 heavy (non-hydrogen) atoms. The smallest absolute Gasteiger partial charge is 0.342 e. The molecule has 0 bridgehead atoms. The second kappa shape index (κ2) is 8.87. The molecule has 1 amide bonds. The number of hydrogen-bond acceptors (Lipinski definition) is 4. The van der Waals surface area contributed by atoms with Crippen LogP contribution in [-0.2, 0) is 16.0 Å². The lowest BCUT2D eigenvalue weighted by Crippen LogP contribution is -2.30. The molecule has 0 unspecified atom stereocenters. The van der Waals surface area contributed by atoms with Gasteiger partial charge in [-0.15, -0.1) is 0 Å². The van der Waals surface area contributed by atoms with Gasteiger partial charge in [0.05, 0.1) is 6.61 Å². The van der Waals surface area contributed by atoms with Crippen molar-refractivity contribution in [3.05, 3.63) is 59.7 Å². The van der Waals surface area contributed by atoms with E-state index < -0.39 is 12.1 Å². The largest absolute Gasteiger partial charge is 0.493 e. The van der Waals surface area contributed by atoms with Crippen LogP contribution in [0.2, 0.25) is 0 Å². The van der Waals surface area contributed by atoms with Crippen LogP contribution in [0, 0.1) is 0 Å². The quantitative estimate of drug-likeness (QED) is 0.777. The van der Waals surface area contributed by atoms with E-state index in [-0.39, 0.29) is 5.91 Å². The first-order valence-corrected chi connectivity index (χ1v) is 8.37. The number of esters is 1. The maximum Gasteiger partial charge on any atom is 0.342 e. The third-order valence-electron chi connectivity index (χ3n) is 3.69. The van der Waals surface area contributed by atoms with E-state index in [0.29, 0.717) is 23.6 Å². The fourth-order valence-corrected chi connectivity index (χ4v) is 2.26. The van der Waals surface area contributed by atoms with Crippen LogP contribution in [0.25, 0.3) is 0 Å². The number of para-hydroxylation sites is 1. The molecule has 0 fully saturated rings. The second-order valence-corrected chi connectivity index (χ2v) is 5.52. The minimum absolute atomic E-state index is 0.302. The molecule has 0 radical (unpaired) electrons. The van der Waals surface area contributed by atoms with Gasteiger partial charge < -0.3 is 14.8 Å². The van der Waals surface area contributed by atoms with Crippen molar-refractivity contribution in [2.24, 2.45) is 0 Å². The number of nitrogens with one attached hydrogen (secondary N) is 1. The molecule has 1 N–H and O–H groups in total. The van der Waals surface area contributed by atoms with Crippen molar-refractivity contribution < 1.29 is 19.1 Å². The van der Waals surface area contributed by atoms with Gasteiger partial charge in [-0.2, -0.15) is 0 Å². The molecule has 0 saturated carbocycles. The van der Waals surface area contributed by atoms with Gasteiger partial charge in [-0.25, -0.2) is 4.79 Å². The minimum atomic E-state index is -0.923. The summed E-state index contributed by atoms with van der Waals surface area (Å²) < 4.78 is 10.7. The number of anilines is 1. The summed E-state index contributed by atoms with van der Waals surface area (Å²) >= 11 is 0. The molecule has 5 nitrogen and oxygen atoms in total. The van der Waals surface area contributed by atoms with E-state index in [0.717, 1.165) is 6.42 Å². The minimum Gasteiger partial charge on any atom is -0.493 e. The van der Waals surface area contributed by atoms with Gasteiger partial charge in [0.1, 0.15) is 11.3 Å². The van der Waals surface area contributed by atoms with E-state index in [1.807, 2.05) is 31.2 Å². The molecule has 0 aliphatic carbocycles. The zero-order valence-corrected chi connectivity index (χ0v) is 14.7. The molecule has 2 aromatic rings. The Hall–Kier alpha value is -2.82. The normalized spacial score (nSPS) is 11.5. The average molecular weight is 341 g/mol. The van der Waals surface area contributed by atoms with Gasteiger partial charge in [-0.05, 0) is 50.1 Å². The molecule has 2 aromatic carbocycles. The molecule has 2 rings (SSSR count). The molecule has 0 aliphatic heterocycles. The van der Waals surface area contributed by atoms with E-state index in [9.17, 15) is 9.59 Å². The van der Waals surface area contributed by atoms with Crippen molar-refractivity contribution in [3.8, 4) is 5.75 Å². The van der Waals surface area contributed by atoms with E-state index in [4.69, 9.17) is 9.47 Å². The molecule has 0 aliphatic rings. The Morgan fingerprint density at radius 1 is 1.04 bits per heavy atom. The summed E-state index contributed by atoms with van der Waals surface area (Å²) in [6.07, 6.45) is 0.00891. The van der Waals surface area contributed by atoms with E-state index >= 15 is 0 Å². The number of carbonyl (C=O) groups excluding carboxylic acids is 2. The Kier molecular flexibility index (Phi) is 6.57. The monoisotopic (exact) mass is 341 g/mol. The van der Waals surface area contributed by atoms with E-state index in [1.165, 1.54) is 12.5 Å². The molecule has 132 valence electrons. The summed E-state index contributed by atoms with van der Waals surface area (Å²) in [5, 5.41) is 2.74. The summed E-state index contributed by atoms with van der Waals surface area (Å²) in [6, 6.07) is 14.4. The van der Waals surface area contributed by atoms with Gasteiger partial charge in [0.2, 0.25) is 0 Å². The first kappa shape index (κ1) is 18.5. The number of amides is 1. The number of ether oxygens (including phenoxy) is 2. The number of rotatable bonds is 7. The fraction of sp³-hybridized carbons (Fsp3) is 0.300. The van der Waals surface area contributed by atoms with E-state index in [2.05, 4.69) is 12.2 Å². The molecule has 0 spiro atoms. The molecule has 1 atom stereocenters. The van der Waals surface area contributed by atoms with Crippen molar-refractivity contribution in [2.45, 2.75) is 33.3 Å². The standard InChI is InChI=1S/C20H23NO4/c1-4-15-10-12-16(13-11-15)21-19(22)14(3)25-20(23)17-8-6-7-9-18(17)24-5-2/h6-14H,4-5H2,1-3H3,(H,21,22)/t14-/m0/s1. The third kappa shape index (κ3) is 5.08. The highest BCUT2D eigenvalue weighted by Crippen LogP contribution is 2.20. The van der Waals surface area contributed by atoms with Gasteiger partial charge in [-0.3, -0.25) is 4.79 Å². The second-order valence-electron chi connectivity index (χ2n) is 5.52. The van der Waals surface area contributed by atoms with Crippen molar-refractivity contribution in [1.82, 2.24) is 0 Å². The summed E-state index contributed by atoms with van der Waals surface area (Å²) in [5.41, 5.74) is 2.15. The maximum absolute atomic E-state index is 12.3. The Morgan fingerprint density at radius 3 is 2.36 bits per heavy atom. The van der Waals surface area contributed by atoms with Crippen LogP contribution >= 0.6 is 0 Å². The summed E-state index contributed by atoms with van der Waals surface area (Å²) in [5.74, 6) is -0.530. The number of benzene rings is 2. The lowest BCUT2D eigenvalue weighted by molar-refractivity contribution is -0.123. The van der Waals surface area contributed by atoms with Crippen LogP contribution in [0.1, 0.15) is 36.7 Å².